The van der Waals surface area contributed by atoms with Crippen molar-refractivity contribution < 1.29 is 0 Å². The highest BCUT2D eigenvalue weighted by Gasteiger charge is 2.18. The molecule has 1 aliphatic heterocycles. The fourth-order valence-electron chi connectivity index (χ4n) is 2.19. The van der Waals surface area contributed by atoms with Crippen molar-refractivity contribution in [3.8, 4) is 0 Å². The summed E-state index contributed by atoms with van der Waals surface area (Å²) < 4.78 is 0. The van der Waals surface area contributed by atoms with Crippen molar-refractivity contribution in [3.63, 3.8) is 0 Å². The minimum Gasteiger partial charge on any atom is -0.382 e. The molecule has 5 heteroatoms. The van der Waals surface area contributed by atoms with Crippen molar-refractivity contribution in [3.05, 3.63) is 29.6 Å². The van der Waals surface area contributed by atoms with Crippen LogP contribution in [0.25, 0.3) is 0 Å². The summed E-state index contributed by atoms with van der Waals surface area (Å²) in [5.74, 6) is 0.645. The second-order valence-corrected chi connectivity index (χ2v) is 4.47. The third-order valence-corrected chi connectivity index (χ3v) is 3.25. The van der Waals surface area contributed by atoms with Crippen molar-refractivity contribution in [2.45, 2.75) is 18.8 Å². The smallest absolute Gasteiger partial charge is 0.141 e. The van der Waals surface area contributed by atoms with E-state index >= 15 is 0 Å². The van der Waals surface area contributed by atoms with E-state index in [0.29, 0.717) is 11.6 Å². The van der Waals surface area contributed by atoms with Gasteiger partial charge in [0.2, 0.25) is 0 Å². The standard InChI is InChI=1S/C12H18N4.ClH/c1-16-6-3-9(4-7-16)10-2-5-15-11(8-10)12(13)14;/h2,5,8-9H,3-4,6-7H2,1H3,(H3,13,14);1H. The number of amidine groups is 1. The second-order valence-electron chi connectivity index (χ2n) is 4.47. The number of nitrogens with zero attached hydrogens (tertiary/aromatic N) is 2. The Bertz CT molecular complexity index is 386. The zero-order valence-corrected chi connectivity index (χ0v) is 10.8. The number of hydrogen-bond acceptors (Lipinski definition) is 3. The van der Waals surface area contributed by atoms with Gasteiger partial charge in [-0.1, -0.05) is 0 Å². The van der Waals surface area contributed by atoms with Gasteiger partial charge in [-0.15, -0.1) is 12.4 Å². The maximum absolute atomic E-state index is 7.39. The first-order valence-electron chi connectivity index (χ1n) is 5.65. The molecule has 2 rings (SSSR count). The molecule has 0 saturated carbocycles. The summed E-state index contributed by atoms with van der Waals surface area (Å²) >= 11 is 0. The van der Waals surface area contributed by atoms with Gasteiger partial charge in [0.15, 0.2) is 0 Å². The van der Waals surface area contributed by atoms with Crippen LogP contribution in [0.4, 0.5) is 0 Å². The van der Waals surface area contributed by atoms with Gasteiger partial charge in [-0.25, -0.2) is 0 Å². The van der Waals surface area contributed by atoms with E-state index in [0.717, 1.165) is 13.1 Å². The normalized spacial score (nSPS) is 17.5. The molecule has 0 unspecified atom stereocenters. The number of nitrogens with one attached hydrogen (secondary N) is 1. The SMILES string of the molecule is CN1CCC(c2ccnc(C(=N)N)c2)CC1.Cl. The molecule has 2 heterocycles. The van der Waals surface area contributed by atoms with Crippen molar-refractivity contribution >= 4 is 18.2 Å². The van der Waals surface area contributed by atoms with Gasteiger partial charge in [-0.3, -0.25) is 10.4 Å². The zero-order chi connectivity index (χ0) is 11.5. The Labute approximate surface area is 108 Å². The molecule has 3 N–H and O–H groups in total. The van der Waals surface area contributed by atoms with Crippen LogP contribution in [0.5, 0.6) is 0 Å². The number of hydrogen-bond donors (Lipinski definition) is 2. The average Bonchev–Trinajstić information content (AvgIpc) is 2.30. The largest absolute Gasteiger partial charge is 0.382 e. The van der Waals surface area contributed by atoms with Gasteiger partial charge in [0, 0.05) is 6.20 Å². The number of pyridine rings is 1. The Kier molecular flexibility index (Phi) is 4.90. The molecule has 0 aliphatic carbocycles. The summed E-state index contributed by atoms with van der Waals surface area (Å²) in [6, 6.07) is 4.00. The number of rotatable bonds is 2. The van der Waals surface area contributed by atoms with E-state index in [4.69, 9.17) is 11.1 Å². The quantitative estimate of drug-likeness (QED) is 0.622. The fourth-order valence-corrected chi connectivity index (χ4v) is 2.19. The van der Waals surface area contributed by atoms with Gasteiger partial charge in [0.25, 0.3) is 0 Å². The molecule has 0 atom stereocenters. The molecule has 1 aromatic rings. The van der Waals surface area contributed by atoms with Gasteiger partial charge in [-0.2, -0.15) is 0 Å². The van der Waals surface area contributed by atoms with E-state index < -0.39 is 0 Å². The highest BCUT2D eigenvalue weighted by atomic mass is 35.5. The van der Waals surface area contributed by atoms with Crippen LogP contribution < -0.4 is 5.73 Å². The van der Waals surface area contributed by atoms with Crippen LogP contribution in [-0.2, 0) is 0 Å². The van der Waals surface area contributed by atoms with Gasteiger partial charge >= 0.3 is 0 Å². The Morgan fingerprint density at radius 1 is 1.47 bits per heavy atom. The number of piperidine rings is 1. The van der Waals surface area contributed by atoms with Crippen LogP contribution in [0.1, 0.15) is 30.0 Å². The van der Waals surface area contributed by atoms with Crippen molar-refractivity contribution in [2.75, 3.05) is 20.1 Å². The molecule has 1 aliphatic rings. The van der Waals surface area contributed by atoms with Crippen LogP contribution in [-0.4, -0.2) is 35.9 Å². The first kappa shape index (κ1) is 13.9. The van der Waals surface area contributed by atoms with Crippen molar-refractivity contribution in [1.82, 2.24) is 9.88 Å². The predicted molar refractivity (Wildman–Crippen MR) is 72.0 cm³/mol. The maximum Gasteiger partial charge on any atom is 0.141 e. The topological polar surface area (TPSA) is 66.0 Å². The van der Waals surface area contributed by atoms with Crippen LogP contribution in [0.15, 0.2) is 18.3 Å². The number of halogens is 1. The molecule has 0 amide bonds. The number of aromatic nitrogens is 1. The van der Waals surface area contributed by atoms with E-state index in [1.807, 2.05) is 12.1 Å². The summed E-state index contributed by atoms with van der Waals surface area (Å²) in [7, 11) is 2.16. The Balaban J connectivity index is 0.00000144. The molecule has 0 radical (unpaired) electrons. The second kappa shape index (κ2) is 5.98. The van der Waals surface area contributed by atoms with Gasteiger partial charge < -0.3 is 10.6 Å². The van der Waals surface area contributed by atoms with Gasteiger partial charge in [-0.05, 0) is 56.6 Å². The van der Waals surface area contributed by atoms with E-state index in [1.54, 1.807) is 6.20 Å². The van der Waals surface area contributed by atoms with Crippen LogP contribution in [0.3, 0.4) is 0 Å². The van der Waals surface area contributed by atoms with Crippen LogP contribution >= 0.6 is 12.4 Å². The lowest BCUT2D eigenvalue weighted by Crippen LogP contribution is -2.29. The third kappa shape index (κ3) is 3.41. The lowest BCUT2D eigenvalue weighted by Gasteiger charge is -2.29. The van der Waals surface area contributed by atoms with Crippen molar-refractivity contribution in [2.24, 2.45) is 5.73 Å². The van der Waals surface area contributed by atoms with Crippen LogP contribution in [0.2, 0.25) is 0 Å². The van der Waals surface area contributed by atoms with Gasteiger partial charge in [0.05, 0.1) is 0 Å². The molecule has 0 bridgehead atoms. The van der Waals surface area contributed by atoms with E-state index in [2.05, 4.69) is 16.9 Å². The monoisotopic (exact) mass is 254 g/mol. The zero-order valence-electron chi connectivity index (χ0n) is 10.0. The summed E-state index contributed by atoms with van der Waals surface area (Å²) in [6.07, 6.45) is 4.11. The highest BCUT2D eigenvalue weighted by Crippen LogP contribution is 2.27. The maximum atomic E-state index is 7.39. The Hall–Kier alpha value is -1.13. The average molecular weight is 255 g/mol. The van der Waals surface area contributed by atoms with E-state index in [-0.39, 0.29) is 18.2 Å². The number of nitrogens with two attached hydrogens (primary N) is 1. The van der Waals surface area contributed by atoms with E-state index in [1.165, 1.54) is 18.4 Å². The fraction of sp³-hybridized carbons (Fsp3) is 0.500. The molecule has 0 spiro atoms. The Morgan fingerprint density at radius 3 is 2.71 bits per heavy atom. The minimum absolute atomic E-state index is 0. The lowest BCUT2D eigenvalue weighted by molar-refractivity contribution is 0.255. The molecule has 1 aromatic heterocycles. The minimum atomic E-state index is 0. The van der Waals surface area contributed by atoms with E-state index in [9.17, 15) is 0 Å². The Morgan fingerprint density at radius 2 is 2.12 bits per heavy atom. The highest BCUT2D eigenvalue weighted by molar-refractivity contribution is 5.93. The summed E-state index contributed by atoms with van der Waals surface area (Å²) in [5.41, 5.74) is 7.31. The molecule has 1 fully saturated rings. The summed E-state index contributed by atoms with van der Waals surface area (Å²) in [6.45, 7) is 2.28. The first-order chi connectivity index (χ1) is 7.66. The molecule has 1 saturated heterocycles. The van der Waals surface area contributed by atoms with Crippen LogP contribution in [0, 0.1) is 5.41 Å². The predicted octanol–water partition coefficient (Wildman–Crippen LogP) is 1.60. The summed E-state index contributed by atoms with van der Waals surface area (Å²) in [4.78, 5) is 6.44. The van der Waals surface area contributed by atoms with Crippen molar-refractivity contribution in [1.29, 1.82) is 5.41 Å². The molecule has 94 valence electrons. The van der Waals surface area contributed by atoms with Gasteiger partial charge in [0.1, 0.15) is 11.5 Å². The number of nitrogen functional groups attached to an aromatic ring is 1. The number of likely N-dealkylation sites (tertiary alicyclic amines) is 1. The first-order valence-corrected chi connectivity index (χ1v) is 5.65. The molecule has 4 nitrogen and oxygen atoms in total. The molecular formula is C12H19ClN4. The summed E-state index contributed by atoms with van der Waals surface area (Å²) in [5, 5.41) is 7.39. The molecule has 0 aromatic carbocycles. The lowest BCUT2D eigenvalue weighted by atomic mass is 9.90. The third-order valence-electron chi connectivity index (χ3n) is 3.25. The molecular weight excluding hydrogens is 236 g/mol. The molecule has 17 heavy (non-hydrogen) atoms.